The molecular formula is C16H16N2O5. The minimum Gasteiger partial charge on any atom is -0.480 e. The van der Waals surface area contributed by atoms with Crippen LogP contribution in [0.3, 0.4) is 0 Å². The van der Waals surface area contributed by atoms with Crippen LogP contribution in [0.25, 0.3) is 0 Å². The molecule has 1 fully saturated rings. The van der Waals surface area contributed by atoms with Gasteiger partial charge in [-0.15, -0.1) is 0 Å². The number of fused-ring (bicyclic) bond motifs is 1. The van der Waals surface area contributed by atoms with E-state index < -0.39 is 35.8 Å². The third-order valence-corrected chi connectivity index (χ3v) is 4.57. The third-order valence-electron chi connectivity index (χ3n) is 4.57. The van der Waals surface area contributed by atoms with Gasteiger partial charge >= 0.3 is 5.97 Å². The SMILES string of the molecule is CC1(C(=O)O)CCCN1C(=O)CN1C(=O)c2ccccc2C1=O. The highest BCUT2D eigenvalue weighted by molar-refractivity contribution is 6.22. The summed E-state index contributed by atoms with van der Waals surface area (Å²) in [6, 6.07) is 6.38. The molecule has 0 bridgehead atoms. The van der Waals surface area contributed by atoms with E-state index in [1.54, 1.807) is 12.1 Å². The molecule has 7 nitrogen and oxygen atoms in total. The maximum Gasteiger partial charge on any atom is 0.329 e. The summed E-state index contributed by atoms with van der Waals surface area (Å²) in [4.78, 5) is 50.6. The molecule has 1 aromatic carbocycles. The van der Waals surface area contributed by atoms with Crippen molar-refractivity contribution in [1.82, 2.24) is 9.80 Å². The fourth-order valence-corrected chi connectivity index (χ4v) is 3.19. The smallest absolute Gasteiger partial charge is 0.329 e. The van der Waals surface area contributed by atoms with Crippen molar-refractivity contribution >= 4 is 23.7 Å². The fourth-order valence-electron chi connectivity index (χ4n) is 3.19. The summed E-state index contributed by atoms with van der Waals surface area (Å²) in [6.07, 6.45) is 0.937. The van der Waals surface area contributed by atoms with E-state index in [-0.39, 0.29) is 11.1 Å². The van der Waals surface area contributed by atoms with Gasteiger partial charge in [-0.2, -0.15) is 0 Å². The Balaban J connectivity index is 1.81. The Bertz CT molecular complexity index is 694. The maximum atomic E-state index is 12.5. The lowest BCUT2D eigenvalue weighted by Crippen LogP contribution is -2.53. The molecule has 23 heavy (non-hydrogen) atoms. The summed E-state index contributed by atoms with van der Waals surface area (Å²) >= 11 is 0. The lowest BCUT2D eigenvalue weighted by molar-refractivity contribution is -0.155. The van der Waals surface area contributed by atoms with Crippen LogP contribution in [0.5, 0.6) is 0 Å². The number of nitrogens with zero attached hydrogens (tertiary/aromatic N) is 2. The van der Waals surface area contributed by atoms with Crippen LogP contribution in [0.2, 0.25) is 0 Å². The number of carbonyl (C=O) groups is 4. The van der Waals surface area contributed by atoms with Gasteiger partial charge in [0.25, 0.3) is 11.8 Å². The minimum atomic E-state index is -1.28. The molecule has 2 aliphatic heterocycles. The molecule has 0 saturated carbocycles. The number of aliphatic carboxylic acids is 1. The van der Waals surface area contributed by atoms with Crippen LogP contribution in [0.15, 0.2) is 24.3 Å². The summed E-state index contributed by atoms with van der Waals surface area (Å²) in [5.74, 6) is -2.64. The van der Waals surface area contributed by atoms with Gasteiger partial charge in [-0.05, 0) is 31.9 Å². The number of amides is 3. The first-order valence-electron chi connectivity index (χ1n) is 7.35. The van der Waals surface area contributed by atoms with Crippen LogP contribution in [0, 0.1) is 0 Å². The number of carboxylic acids is 1. The monoisotopic (exact) mass is 316 g/mol. The van der Waals surface area contributed by atoms with Crippen molar-refractivity contribution < 1.29 is 24.3 Å². The van der Waals surface area contributed by atoms with Crippen molar-refractivity contribution in [1.29, 1.82) is 0 Å². The van der Waals surface area contributed by atoms with Gasteiger partial charge in [0.1, 0.15) is 12.1 Å². The second-order valence-electron chi connectivity index (χ2n) is 5.97. The van der Waals surface area contributed by atoms with Crippen LogP contribution >= 0.6 is 0 Å². The molecule has 120 valence electrons. The van der Waals surface area contributed by atoms with Gasteiger partial charge in [-0.3, -0.25) is 19.3 Å². The molecule has 0 aliphatic carbocycles. The van der Waals surface area contributed by atoms with E-state index in [1.165, 1.54) is 24.0 Å². The van der Waals surface area contributed by atoms with E-state index >= 15 is 0 Å². The minimum absolute atomic E-state index is 0.271. The van der Waals surface area contributed by atoms with Crippen LogP contribution in [0.1, 0.15) is 40.5 Å². The lowest BCUT2D eigenvalue weighted by Gasteiger charge is -2.32. The fraction of sp³-hybridized carbons (Fsp3) is 0.375. The molecule has 0 aromatic heterocycles. The predicted octanol–water partition coefficient (Wildman–Crippen LogP) is 0.748. The van der Waals surface area contributed by atoms with Gasteiger partial charge in [-0.1, -0.05) is 12.1 Å². The van der Waals surface area contributed by atoms with Crippen LogP contribution in [-0.2, 0) is 9.59 Å². The van der Waals surface area contributed by atoms with Gasteiger partial charge in [0, 0.05) is 6.54 Å². The van der Waals surface area contributed by atoms with Crippen molar-refractivity contribution in [2.75, 3.05) is 13.1 Å². The second-order valence-corrected chi connectivity index (χ2v) is 5.97. The molecule has 7 heteroatoms. The van der Waals surface area contributed by atoms with Crippen LogP contribution < -0.4 is 0 Å². The van der Waals surface area contributed by atoms with Crippen LogP contribution in [0.4, 0.5) is 0 Å². The largest absolute Gasteiger partial charge is 0.480 e. The highest BCUT2D eigenvalue weighted by atomic mass is 16.4. The molecule has 1 unspecified atom stereocenters. The van der Waals surface area contributed by atoms with Gasteiger partial charge in [-0.25, -0.2) is 4.79 Å². The summed E-state index contributed by atoms with van der Waals surface area (Å²) in [6.45, 7) is 1.36. The Labute approximate surface area is 132 Å². The zero-order valence-electron chi connectivity index (χ0n) is 12.6. The Kier molecular flexibility index (Phi) is 3.43. The van der Waals surface area contributed by atoms with Crippen LogP contribution in [-0.4, -0.2) is 57.2 Å². The number of imide groups is 1. The first kappa shape index (κ1) is 15.2. The first-order valence-corrected chi connectivity index (χ1v) is 7.35. The van der Waals surface area contributed by atoms with E-state index in [4.69, 9.17) is 0 Å². The number of carbonyl (C=O) groups excluding carboxylic acids is 3. The Morgan fingerprint density at radius 1 is 1.17 bits per heavy atom. The number of likely N-dealkylation sites (tertiary alicyclic amines) is 1. The van der Waals surface area contributed by atoms with Gasteiger partial charge in [0.15, 0.2) is 0 Å². The molecule has 2 aliphatic rings. The molecule has 2 heterocycles. The molecule has 3 amide bonds. The normalized spacial score (nSPS) is 23.3. The quantitative estimate of drug-likeness (QED) is 0.830. The Hall–Kier alpha value is -2.70. The molecule has 1 aromatic rings. The zero-order chi connectivity index (χ0) is 16.8. The number of hydrogen-bond acceptors (Lipinski definition) is 4. The lowest BCUT2D eigenvalue weighted by atomic mass is 9.99. The number of hydrogen-bond donors (Lipinski definition) is 1. The van der Waals surface area contributed by atoms with E-state index in [0.717, 1.165) is 4.90 Å². The number of rotatable bonds is 3. The average Bonchev–Trinajstić information content (AvgIpc) is 3.03. The zero-order valence-corrected chi connectivity index (χ0v) is 12.6. The summed E-state index contributed by atoms with van der Waals surface area (Å²) in [5, 5.41) is 9.36. The summed E-state index contributed by atoms with van der Waals surface area (Å²) in [5.41, 5.74) is -0.740. The van der Waals surface area contributed by atoms with Crippen molar-refractivity contribution in [3.8, 4) is 0 Å². The van der Waals surface area contributed by atoms with E-state index in [1.807, 2.05) is 0 Å². The third kappa shape index (κ3) is 2.19. The molecule has 0 radical (unpaired) electrons. The van der Waals surface area contributed by atoms with Gasteiger partial charge < -0.3 is 10.0 Å². The molecule has 0 spiro atoms. The van der Waals surface area contributed by atoms with Gasteiger partial charge in [0.2, 0.25) is 5.91 Å². The highest BCUT2D eigenvalue weighted by Crippen LogP contribution is 2.30. The van der Waals surface area contributed by atoms with Crippen molar-refractivity contribution in [2.24, 2.45) is 0 Å². The topological polar surface area (TPSA) is 95.0 Å². The van der Waals surface area contributed by atoms with Gasteiger partial charge in [0.05, 0.1) is 11.1 Å². The summed E-state index contributed by atoms with van der Waals surface area (Å²) in [7, 11) is 0. The van der Waals surface area contributed by atoms with E-state index in [2.05, 4.69) is 0 Å². The van der Waals surface area contributed by atoms with E-state index in [9.17, 15) is 24.3 Å². The average molecular weight is 316 g/mol. The highest BCUT2D eigenvalue weighted by Gasteiger charge is 2.47. The van der Waals surface area contributed by atoms with Crippen molar-refractivity contribution in [3.63, 3.8) is 0 Å². The molecule has 3 rings (SSSR count). The predicted molar refractivity (Wildman–Crippen MR) is 78.8 cm³/mol. The Morgan fingerprint density at radius 3 is 2.26 bits per heavy atom. The molecule has 1 atom stereocenters. The molecule has 1 saturated heterocycles. The van der Waals surface area contributed by atoms with Crippen molar-refractivity contribution in [2.45, 2.75) is 25.3 Å². The maximum absolute atomic E-state index is 12.5. The van der Waals surface area contributed by atoms with E-state index in [0.29, 0.717) is 19.4 Å². The number of benzene rings is 1. The number of carboxylic acid groups (broad SMARTS) is 1. The molecule has 1 N–H and O–H groups in total. The molecular weight excluding hydrogens is 300 g/mol. The summed E-state index contributed by atoms with van der Waals surface area (Å²) < 4.78 is 0. The first-order chi connectivity index (χ1) is 10.9. The second kappa shape index (κ2) is 5.19. The standard InChI is InChI=1S/C16H16N2O5/c1-16(15(22)23)7-4-8-18(16)12(19)9-17-13(20)10-5-2-3-6-11(10)14(17)21/h2-3,5-6H,4,7-9H2,1H3,(H,22,23). The van der Waals surface area contributed by atoms with Crippen molar-refractivity contribution in [3.05, 3.63) is 35.4 Å². The Morgan fingerprint density at radius 2 is 1.74 bits per heavy atom.